The van der Waals surface area contributed by atoms with Crippen molar-refractivity contribution in [2.24, 2.45) is 0 Å². The lowest BCUT2D eigenvalue weighted by Gasteiger charge is -2.16. The Labute approximate surface area is 184 Å². The van der Waals surface area contributed by atoms with Gasteiger partial charge in [0.1, 0.15) is 12.4 Å². The molecule has 0 fully saturated rings. The van der Waals surface area contributed by atoms with Crippen LogP contribution in [0.4, 0.5) is 0 Å². The summed E-state index contributed by atoms with van der Waals surface area (Å²) in [4.78, 5) is 21.5. The lowest BCUT2D eigenvalue weighted by atomic mass is 10.0. The molecular formula is C20H22Cl2N4O4. The highest BCUT2D eigenvalue weighted by Gasteiger charge is 2.20. The van der Waals surface area contributed by atoms with Crippen molar-refractivity contribution in [2.75, 3.05) is 27.4 Å². The van der Waals surface area contributed by atoms with E-state index >= 15 is 0 Å². The van der Waals surface area contributed by atoms with Crippen molar-refractivity contribution in [3.63, 3.8) is 0 Å². The Kier molecular flexibility index (Phi) is 7.60. The highest BCUT2D eigenvalue weighted by molar-refractivity contribution is 6.30. The van der Waals surface area contributed by atoms with Gasteiger partial charge in [0, 0.05) is 56.6 Å². The van der Waals surface area contributed by atoms with Crippen LogP contribution in [0.25, 0.3) is 5.65 Å². The number of halogens is 2. The number of rotatable bonds is 10. The first kappa shape index (κ1) is 22.4. The van der Waals surface area contributed by atoms with Crippen molar-refractivity contribution >= 4 is 34.6 Å². The minimum absolute atomic E-state index is 0.0559. The van der Waals surface area contributed by atoms with Crippen molar-refractivity contribution < 1.29 is 19.0 Å². The molecule has 0 aliphatic rings. The molecule has 30 heavy (non-hydrogen) atoms. The molecular weight excluding hydrogens is 431 g/mol. The number of hydrogen-bond donors (Lipinski definition) is 0. The van der Waals surface area contributed by atoms with Gasteiger partial charge in [-0.2, -0.15) is 5.10 Å². The number of pyridine rings is 1. The molecule has 0 saturated carbocycles. The molecule has 0 aliphatic heterocycles. The first-order valence-corrected chi connectivity index (χ1v) is 10.0. The molecule has 3 aromatic heterocycles. The SMILES string of the molecule is COCCOc1ncc(Cl)cc1CC(=O)Cc1cnc2cc(Cl)nn2c1[C@H](C)OC. The molecule has 0 aromatic carbocycles. The number of carbonyl (C=O) groups is 1. The van der Waals surface area contributed by atoms with E-state index in [4.69, 9.17) is 37.4 Å². The van der Waals surface area contributed by atoms with Gasteiger partial charge in [-0.3, -0.25) is 4.79 Å². The monoisotopic (exact) mass is 452 g/mol. The number of ketones is 1. The smallest absolute Gasteiger partial charge is 0.217 e. The zero-order valence-electron chi connectivity index (χ0n) is 16.9. The average molecular weight is 453 g/mol. The van der Waals surface area contributed by atoms with E-state index in [2.05, 4.69) is 15.1 Å². The topological polar surface area (TPSA) is 87.8 Å². The van der Waals surface area contributed by atoms with E-state index in [0.29, 0.717) is 46.0 Å². The van der Waals surface area contributed by atoms with Crippen molar-refractivity contribution in [3.05, 3.63) is 51.5 Å². The van der Waals surface area contributed by atoms with Crippen LogP contribution >= 0.6 is 23.2 Å². The molecule has 3 rings (SSSR count). The summed E-state index contributed by atoms with van der Waals surface area (Å²) in [7, 11) is 3.17. The molecule has 0 aliphatic carbocycles. The lowest BCUT2D eigenvalue weighted by Crippen LogP contribution is -2.16. The van der Waals surface area contributed by atoms with Gasteiger partial charge < -0.3 is 14.2 Å². The van der Waals surface area contributed by atoms with E-state index in [1.54, 1.807) is 37.1 Å². The van der Waals surface area contributed by atoms with E-state index in [1.807, 2.05) is 6.92 Å². The van der Waals surface area contributed by atoms with E-state index < -0.39 is 0 Å². The molecule has 8 nitrogen and oxygen atoms in total. The number of nitrogens with zero attached hydrogens (tertiary/aromatic N) is 4. The second-order valence-corrected chi connectivity index (χ2v) is 7.46. The third-order valence-corrected chi connectivity index (χ3v) is 4.89. The average Bonchev–Trinajstić information content (AvgIpc) is 3.09. The highest BCUT2D eigenvalue weighted by Crippen LogP contribution is 2.25. The zero-order chi connectivity index (χ0) is 21.7. The molecule has 0 bridgehead atoms. The van der Waals surface area contributed by atoms with Crippen LogP contribution < -0.4 is 4.74 Å². The Morgan fingerprint density at radius 2 is 1.87 bits per heavy atom. The molecule has 3 aromatic rings. The standard InChI is InChI=1S/C20H22Cl2N4O4/c1-12(29-3)19-14(10-23-18-9-17(22)25-26(18)19)8-16(27)7-13-6-15(21)11-24-20(13)30-5-4-28-2/h6,9-12H,4-5,7-8H2,1-3H3/t12-/m0/s1. The predicted molar refractivity (Wildman–Crippen MR) is 112 cm³/mol. The Bertz CT molecular complexity index is 1040. The molecule has 10 heteroatoms. The minimum atomic E-state index is -0.310. The van der Waals surface area contributed by atoms with Gasteiger partial charge in [-0.25, -0.2) is 14.5 Å². The quantitative estimate of drug-likeness (QED) is 0.434. The first-order chi connectivity index (χ1) is 14.4. The molecule has 0 unspecified atom stereocenters. The van der Waals surface area contributed by atoms with Gasteiger partial charge in [0.2, 0.25) is 5.88 Å². The van der Waals surface area contributed by atoms with E-state index in [9.17, 15) is 4.79 Å². The predicted octanol–water partition coefficient (Wildman–Crippen LogP) is 3.52. The maximum atomic E-state index is 12.9. The van der Waals surface area contributed by atoms with Crippen molar-refractivity contribution in [2.45, 2.75) is 25.9 Å². The van der Waals surface area contributed by atoms with Gasteiger partial charge in [0.15, 0.2) is 10.8 Å². The van der Waals surface area contributed by atoms with Gasteiger partial charge in [-0.1, -0.05) is 23.2 Å². The van der Waals surface area contributed by atoms with Crippen LogP contribution in [0.1, 0.15) is 29.8 Å². The summed E-state index contributed by atoms with van der Waals surface area (Å²) in [5, 5.41) is 5.02. The van der Waals surface area contributed by atoms with E-state index in [0.717, 1.165) is 5.69 Å². The van der Waals surface area contributed by atoms with Crippen LogP contribution in [0, 0.1) is 0 Å². The Hall–Kier alpha value is -2.26. The van der Waals surface area contributed by atoms with Gasteiger partial charge >= 0.3 is 0 Å². The fourth-order valence-electron chi connectivity index (χ4n) is 3.07. The number of Topliss-reactive ketones (excluding diaryl/α,β-unsaturated/α-hetero) is 1. The zero-order valence-corrected chi connectivity index (χ0v) is 18.4. The van der Waals surface area contributed by atoms with Crippen LogP contribution in [-0.2, 0) is 27.1 Å². The Morgan fingerprint density at radius 3 is 2.60 bits per heavy atom. The third-order valence-electron chi connectivity index (χ3n) is 4.50. The summed E-state index contributed by atoms with van der Waals surface area (Å²) >= 11 is 12.1. The number of aromatic nitrogens is 4. The van der Waals surface area contributed by atoms with Gasteiger partial charge in [-0.05, 0) is 13.0 Å². The highest BCUT2D eigenvalue weighted by atomic mass is 35.5. The molecule has 1 atom stereocenters. The summed E-state index contributed by atoms with van der Waals surface area (Å²) in [6.07, 6.45) is 3.06. The molecule has 0 saturated heterocycles. The Morgan fingerprint density at radius 1 is 1.10 bits per heavy atom. The number of hydrogen-bond acceptors (Lipinski definition) is 7. The summed E-state index contributed by atoms with van der Waals surface area (Å²) in [6, 6.07) is 3.34. The van der Waals surface area contributed by atoms with Crippen LogP contribution in [0.5, 0.6) is 5.88 Å². The summed E-state index contributed by atoms with van der Waals surface area (Å²) in [5.74, 6) is 0.308. The molecule has 0 radical (unpaired) electrons. The van der Waals surface area contributed by atoms with Gasteiger partial charge in [0.25, 0.3) is 0 Å². The second-order valence-electron chi connectivity index (χ2n) is 6.63. The van der Waals surface area contributed by atoms with Crippen molar-refractivity contribution in [3.8, 4) is 5.88 Å². The second kappa shape index (κ2) is 10.2. The van der Waals surface area contributed by atoms with Crippen LogP contribution in [0.3, 0.4) is 0 Å². The van der Waals surface area contributed by atoms with E-state index in [1.165, 1.54) is 6.20 Å². The molecule has 0 amide bonds. The van der Waals surface area contributed by atoms with Crippen LogP contribution in [-0.4, -0.2) is 52.8 Å². The molecule has 0 N–H and O–H groups in total. The summed E-state index contributed by atoms with van der Waals surface area (Å²) in [6.45, 7) is 2.61. The minimum Gasteiger partial charge on any atom is -0.475 e. The third kappa shape index (κ3) is 5.26. The maximum absolute atomic E-state index is 12.9. The molecule has 3 heterocycles. The van der Waals surface area contributed by atoms with E-state index in [-0.39, 0.29) is 24.7 Å². The maximum Gasteiger partial charge on any atom is 0.217 e. The normalized spacial score (nSPS) is 12.3. The number of ether oxygens (including phenoxy) is 3. The lowest BCUT2D eigenvalue weighted by molar-refractivity contribution is -0.117. The van der Waals surface area contributed by atoms with Gasteiger partial charge in [0.05, 0.1) is 23.4 Å². The van der Waals surface area contributed by atoms with Crippen LogP contribution in [0.15, 0.2) is 24.5 Å². The summed E-state index contributed by atoms with van der Waals surface area (Å²) < 4.78 is 17.7. The molecule has 0 spiro atoms. The number of methoxy groups -OCH3 is 2. The van der Waals surface area contributed by atoms with Gasteiger partial charge in [-0.15, -0.1) is 0 Å². The fourth-order valence-corrected chi connectivity index (χ4v) is 3.43. The fraction of sp³-hybridized carbons (Fsp3) is 0.400. The Balaban J connectivity index is 1.85. The number of fused-ring (bicyclic) bond motifs is 1. The van der Waals surface area contributed by atoms with Crippen molar-refractivity contribution in [1.82, 2.24) is 19.6 Å². The largest absolute Gasteiger partial charge is 0.475 e. The summed E-state index contributed by atoms with van der Waals surface area (Å²) in [5.41, 5.74) is 2.63. The molecule has 160 valence electrons. The van der Waals surface area contributed by atoms with Crippen molar-refractivity contribution in [1.29, 1.82) is 0 Å². The van der Waals surface area contributed by atoms with Crippen LogP contribution in [0.2, 0.25) is 10.2 Å². The first-order valence-electron chi connectivity index (χ1n) is 9.26. The number of carbonyl (C=O) groups excluding carboxylic acids is 1.